The van der Waals surface area contributed by atoms with Crippen molar-refractivity contribution in [1.29, 1.82) is 0 Å². The van der Waals surface area contributed by atoms with Crippen LogP contribution in [-0.2, 0) is 0 Å². The van der Waals surface area contributed by atoms with Crippen molar-refractivity contribution >= 4 is 12.6 Å². The standard InChI is InChI=1S/C26H42S/c1-2-3-4-5-6-7-8-21-9-11-22(12-10-21)23-13-15-24(16-14-23)25-17-19-26(27)20-18-25/h17-24,27H,2-16H2,1H3. The molecule has 0 amide bonds. The number of hydrogen-bond acceptors (Lipinski definition) is 1. The van der Waals surface area contributed by atoms with Gasteiger partial charge in [0.1, 0.15) is 0 Å². The normalized spacial score (nSPS) is 29.0. The van der Waals surface area contributed by atoms with E-state index in [0.717, 1.165) is 28.6 Å². The molecular weight excluding hydrogens is 344 g/mol. The van der Waals surface area contributed by atoms with Crippen LogP contribution in [0.3, 0.4) is 0 Å². The van der Waals surface area contributed by atoms with E-state index in [2.05, 4.69) is 43.8 Å². The average molecular weight is 387 g/mol. The summed E-state index contributed by atoms with van der Waals surface area (Å²) >= 11 is 4.43. The minimum Gasteiger partial charge on any atom is -0.143 e. The third-order valence-electron chi connectivity index (χ3n) is 7.66. The quantitative estimate of drug-likeness (QED) is 0.318. The van der Waals surface area contributed by atoms with Crippen LogP contribution < -0.4 is 0 Å². The van der Waals surface area contributed by atoms with Gasteiger partial charge in [-0.25, -0.2) is 0 Å². The van der Waals surface area contributed by atoms with Crippen LogP contribution in [0.1, 0.15) is 115 Å². The molecule has 0 atom stereocenters. The van der Waals surface area contributed by atoms with Gasteiger partial charge < -0.3 is 0 Å². The first-order valence-corrected chi connectivity index (χ1v) is 12.5. The summed E-state index contributed by atoms with van der Waals surface area (Å²) in [5, 5.41) is 0. The van der Waals surface area contributed by atoms with Crippen LogP contribution in [0.15, 0.2) is 29.2 Å². The highest BCUT2D eigenvalue weighted by Gasteiger charge is 2.31. The van der Waals surface area contributed by atoms with Crippen LogP contribution in [-0.4, -0.2) is 0 Å². The molecule has 0 nitrogen and oxygen atoms in total. The molecule has 0 radical (unpaired) electrons. The second kappa shape index (κ2) is 11.5. The van der Waals surface area contributed by atoms with Gasteiger partial charge in [0.25, 0.3) is 0 Å². The fourth-order valence-electron chi connectivity index (χ4n) is 5.83. The number of hydrogen-bond donors (Lipinski definition) is 1. The first-order valence-electron chi connectivity index (χ1n) is 12.0. The minimum absolute atomic E-state index is 0.805. The van der Waals surface area contributed by atoms with E-state index in [1.807, 2.05) is 0 Å². The van der Waals surface area contributed by atoms with Crippen molar-refractivity contribution in [3.05, 3.63) is 29.8 Å². The minimum atomic E-state index is 0.805. The monoisotopic (exact) mass is 386 g/mol. The highest BCUT2D eigenvalue weighted by atomic mass is 32.1. The van der Waals surface area contributed by atoms with E-state index in [-0.39, 0.29) is 0 Å². The molecule has 2 aliphatic carbocycles. The molecule has 0 unspecified atom stereocenters. The molecule has 0 saturated heterocycles. The van der Waals surface area contributed by atoms with Crippen molar-refractivity contribution in [2.75, 3.05) is 0 Å². The van der Waals surface area contributed by atoms with E-state index >= 15 is 0 Å². The van der Waals surface area contributed by atoms with Gasteiger partial charge in [0.05, 0.1) is 0 Å². The maximum Gasteiger partial charge on any atom is 0.00401 e. The van der Waals surface area contributed by atoms with E-state index in [4.69, 9.17) is 0 Å². The Kier molecular flexibility index (Phi) is 9.10. The molecule has 0 bridgehead atoms. The molecule has 0 aromatic heterocycles. The van der Waals surface area contributed by atoms with Gasteiger partial charge in [-0.1, -0.05) is 76.8 Å². The van der Waals surface area contributed by atoms with E-state index in [1.165, 1.54) is 96.3 Å². The van der Waals surface area contributed by atoms with E-state index in [1.54, 1.807) is 5.56 Å². The summed E-state index contributed by atoms with van der Waals surface area (Å²) in [5.74, 6) is 3.94. The van der Waals surface area contributed by atoms with Crippen molar-refractivity contribution < 1.29 is 0 Å². The van der Waals surface area contributed by atoms with Gasteiger partial charge in [-0.15, -0.1) is 12.6 Å². The summed E-state index contributed by atoms with van der Waals surface area (Å²) in [7, 11) is 0. The highest BCUT2D eigenvalue weighted by molar-refractivity contribution is 7.80. The summed E-state index contributed by atoms with van der Waals surface area (Å²) in [5.41, 5.74) is 1.55. The Morgan fingerprint density at radius 1 is 0.704 bits per heavy atom. The number of thiol groups is 1. The van der Waals surface area contributed by atoms with Crippen LogP contribution in [0.25, 0.3) is 0 Å². The second-order valence-corrected chi connectivity index (χ2v) is 10.1. The molecule has 2 saturated carbocycles. The zero-order valence-corrected chi connectivity index (χ0v) is 18.6. The predicted molar refractivity (Wildman–Crippen MR) is 122 cm³/mol. The lowest BCUT2D eigenvalue weighted by atomic mass is 9.68. The third kappa shape index (κ3) is 6.84. The summed E-state index contributed by atoms with van der Waals surface area (Å²) in [6, 6.07) is 8.94. The fraction of sp³-hybridized carbons (Fsp3) is 0.769. The Hall–Kier alpha value is -0.430. The molecule has 0 heterocycles. The van der Waals surface area contributed by atoms with Gasteiger partial charge in [0.2, 0.25) is 0 Å². The van der Waals surface area contributed by atoms with Crippen molar-refractivity contribution in [2.24, 2.45) is 17.8 Å². The molecule has 2 aliphatic rings. The van der Waals surface area contributed by atoms with Gasteiger partial charge >= 0.3 is 0 Å². The van der Waals surface area contributed by atoms with Crippen LogP contribution in [0, 0.1) is 17.8 Å². The van der Waals surface area contributed by atoms with Crippen LogP contribution >= 0.6 is 12.6 Å². The number of rotatable bonds is 9. The lowest BCUT2D eigenvalue weighted by molar-refractivity contribution is 0.155. The Labute approximate surface area is 174 Å². The zero-order valence-electron chi connectivity index (χ0n) is 17.7. The average Bonchev–Trinajstić information content (AvgIpc) is 2.72. The molecular formula is C26H42S. The van der Waals surface area contributed by atoms with Crippen molar-refractivity contribution in [3.8, 4) is 0 Å². The Morgan fingerprint density at radius 3 is 1.89 bits per heavy atom. The van der Waals surface area contributed by atoms with Crippen molar-refractivity contribution in [3.63, 3.8) is 0 Å². The van der Waals surface area contributed by atoms with Crippen LogP contribution in [0.5, 0.6) is 0 Å². The largest absolute Gasteiger partial charge is 0.143 e. The first kappa shape index (κ1) is 21.3. The van der Waals surface area contributed by atoms with E-state index < -0.39 is 0 Å². The smallest absolute Gasteiger partial charge is 0.00401 e. The summed E-state index contributed by atoms with van der Waals surface area (Å²) in [6.45, 7) is 2.31. The van der Waals surface area contributed by atoms with Crippen LogP contribution in [0.4, 0.5) is 0 Å². The van der Waals surface area contributed by atoms with Gasteiger partial charge in [0.15, 0.2) is 0 Å². The SMILES string of the molecule is CCCCCCCCC1CCC(C2CCC(c3ccc(S)cc3)CC2)CC1. The maximum atomic E-state index is 4.43. The molecule has 1 aromatic rings. The van der Waals surface area contributed by atoms with E-state index in [0.29, 0.717) is 0 Å². The Bertz CT molecular complexity index is 504. The number of benzene rings is 1. The lowest BCUT2D eigenvalue weighted by Crippen LogP contribution is -2.25. The Morgan fingerprint density at radius 2 is 1.26 bits per heavy atom. The van der Waals surface area contributed by atoms with Crippen LogP contribution in [0.2, 0.25) is 0 Å². The van der Waals surface area contributed by atoms with Crippen molar-refractivity contribution in [2.45, 2.75) is 114 Å². The lowest BCUT2D eigenvalue weighted by Gasteiger charge is -2.38. The van der Waals surface area contributed by atoms with Gasteiger partial charge in [-0.05, 0) is 79.9 Å². The van der Waals surface area contributed by atoms with Crippen molar-refractivity contribution in [1.82, 2.24) is 0 Å². The molecule has 0 N–H and O–H groups in total. The number of unbranched alkanes of at least 4 members (excludes halogenated alkanes) is 5. The first-order chi connectivity index (χ1) is 13.3. The molecule has 2 fully saturated rings. The van der Waals surface area contributed by atoms with Gasteiger partial charge in [0, 0.05) is 4.90 Å². The molecule has 1 heteroatoms. The molecule has 1 aromatic carbocycles. The molecule has 152 valence electrons. The Balaban J connectivity index is 1.31. The predicted octanol–water partition coefficient (Wildman–Crippen LogP) is 8.81. The molecule has 3 rings (SSSR count). The summed E-state index contributed by atoms with van der Waals surface area (Å²) in [6.07, 6.45) is 22.1. The van der Waals surface area contributed by atoms with E-state index in [9.17, 15) is 0 Å². The van der Waals surface area contributed by atoms with Gasteiger partial charge in [-0.3, -0.25) is 0 Å². The molecule has 0 aliphatic heterocycles. The topological polar surface area (TPSA) is 0 Å². The van der Waals surface area contributed by atoms with Gasteiger partial charge in [-0.2, -0.15) is 0 Å². The second-order valence-electron chi connectivity index (χ2n) is 9.54. The molecule has 27 heavy (non-hydrogen) atoms. The highest BCUT2D eigenvalue weighted by Crippen LogP contribution is 2.44. The maximum absolute atomic E-state index is 4.43. The molecule has 0 spiro atoms. The fourth-order valence-corrected chi connectivity index (χ4v) is 5.98. The summed E-state index contributed by atoms with van der Waals surface area (Å²) in [4.78, 5) is 1.09. The zero-order chi connectivity index (χ0) is 18.9. The third-order valence-corrected chi connectivity index (χ3v) is 7.96. The summed E-state index contributed by atoms with van der Waals surface area (Å²) < 4.78 is 0.